The Kier molecular flexibility index (Phi) is 16.0. The quantitative estimate of drug-likeness (QED) is 0.126. The third-order valence-corrected chi connectivity index (χ3v) is 14.0. The molecular formula is C51H66ClN9O7. The van der Waals surface area contributed by atoms with Gasteiger partial charge >= 0.3 is 0 Å². The first-order chi connectivity index (χ1) is 32.1. The number of amides is 4. The van der Waals surface area contributed by atoms with Gasteiger partial charge in [0, 0.05) is 80.3 Å². The number of carbonyl (C=O) groups is 4. The number of rotatable bonds is 16. The largest absolute Gasteiger partial charge is 0.496 e. The highest BCUT2D eigenvalue weighted by Crippen LogP contribution is 2.55. The van der Waals surface area contributed by atoms with Crippen LogP contribution in [0.1, 0.15) is 114 Å². The number of hydrogen-bond acceptors (Lipinski definition) is 12. The van der Waals surface area contributed by atoms with Crippen LogP contribution >= 0.6 is 11.6 Å². The van der Waals surface area contributed by atoms with Gasteiger partial charge in [-0.15, -0.1) is 0 Å². The highest BCUT2D eigenvalue weighted by molar-refractivity contribution is 6.31. The molecule has 3 aromatic rings. The molecule has 68 heavy (non-hydrogen) atoms. The summed E-state index contributed by atoms with van der Waals surface area (Å²) in [5, 5.41) is 38.6. The molecule has 1 aliphatic carbocycles. The summed E-state index contributed by atoms with van der Waals surface area (Å²) in [4.78, 5) is 65.2. The number of nitriles is 2. The van der Waals surface area contributed by atoms with Crippen LogP contribution in [0, 0.1) is 38.9 Å². The Morgan fingerprint density at radius 1 is 0.956 bits per heavy atom. The maximum atomic E-state index is 14.1. The van der Waals surface area contributed by atoms with Crippen molar-refractivity contribution < 1.29 is 33.8 Å². The zero-order valence-electron chi connectivity index (χ0n) is 40.7. The number of aliphatic hydroxyl groups is 1. The first-order valence-electron chi connectivity index (χ1n) is 23.4. The smallest absolute Gasteiger partial charge is 0.253 e. The fourth-order valence-corrected chi connectivity index (χ4v) is 10.4. The van der Waals surface area contributed by atoms with E-state index in [-0.39, 0.29) is 43.3 Å². The maximum Gasteiger partial charge on any atom is 0.253 e. The summed E-state index contributed by atoms with van der Waals surface area (Å²) in [7, 11) is 1.49. The average Bonchev–Trinajstić information content (AvgIpc) is 3.71. The second-order valence-corrected chi connectivity index (χ2v) is 21.0. The summed E-state index contributed by atoms with van der Waals surface area (Å²) in [6, 6.07) is 15.3. The lowest BCUT2D eigenvalue weighted by molar-refractivity contribution is -0.164. The highest BCUT2D eigenvalue weighted by atomic mass is 35.5. The predicted octanol–water partition coefficient (Wildman–Crippen LogP) is 5.76. The second kappa shape index (κ2) is 21.1. The monoisotopic (exact) mass is 951 g/mol. The molecule has 2 aromatic carbocycles. The van der Waals surface area contributed by atoms with Gasteiger partial charge in [-0.25, -0.2) is 4.98 Å². The van der Waals surface area contributed by atoms with Crippen molar-refractivity contribution in [3.8, 4) is 23.6 Å². The van der Waals surface area contributed by atoms with E-state index in [1.165, 1.54) is 12.0 Å². The Labute approximate surface area is 405 Å². The lowest BCUT2D eigenvalue weighted by atomic mass is 9.49. The van der Waals surface area contributed by atoms with E-state index in [4.69, 9.17) is 21.1 Å². The van der Waals surface area contributed by atoms with E-state index in [0.717, 1.165) is 45.0 Å². The topological polar surface area (TPSA) is 213 Å². The van der Waals surface area contributed by atoms with Gasteiger partial charge in [-0.2, -0.15) is 10.5 Å². The number of hydrogen-bond donors (Lipinski definition) is 4. The minimum absolute atomic E-state index is 0.0321. The Morgan fingerprint density at radius 3 is 2.26 bits per heavy atom. The van der Waals surface area contributed by atoms with Crippen LogP contribution in [0.5, 0.6) is 11.5 Å². The number of piperazine rings is 1. The van der Waals surface area contributed by atoms with Crippen LogP contribution in [0.15, 0.2) is 54.7 Å². The van der Waals surface area contributed by atoms with Crippen molar-refractivity contribution in [2.24, 2.45) is 16.2 Å². The van der Waals surface area contributed by atoms with Gasteiger partial charge in [0.2, 0.25) is 17.7 Å². The van der Waals surface area contributed by atoms with Crippen LogP contribution in [0.25, 0.3) is 0 Å². The van der Waals surface area contributed by atoms with Crippen molar-refractivity contribution >= 4 is 41.0 Å². The molecule has 16 nitrogen and oxygen atoms in total. The first-order valence-corrected chi connectivity index (χ1v) is 23.7. The molecule has 1 aromatic heterocycles. The minimum atomic E-state index is -0.939. The number of aliphatic hydroxyl groups excluding tert-OH is 1. The van der Waals surface area contributed by atoms with Gasteiger partial charge in [0.25, 0.3) is 5.91 Å². The molecule has 3 aliphatic rings. The molecule has 0 bridgehead atoms. The number of aromatic nitrogens is 1. The SMILES string of the molecule is COc1cc(C#N)ccc1[C@H](C)NC(=O)[C@@H]1C[C@@H](O)CN1C(=O)[C@@H](NC(=O)CCCCN1CCN(c2ccc(C(=O)N[C@H]3C(C)(C)[C@H](Oc4ccc(C#N)c(Cl)c4)C3(C)C)cn2)CC1)C(C)(C)C. The molecule has 2 aliphatic heterocycles. The van der Waals surface area contributed by atoms with Crippen LogP contribution in [0.4, 0.5) is 5.82 Å². The molecule has 2 saturated heterocycles. The number of pyridine rings is 1. The number of likely N-dealkylation sites (tertiary alicyclic amines) is 1. The van der Waals surface area contributed by atoms with Crippen molar-refractivity contribution in [1.29, 1.82) is 10.5 Å². The summed E-state index contributed by atoms with van der Waals surface area (Å²) in [5.74, 6) is 0.506. The van der Waals surface area contributed by atoms with Gasteiger partial charge in [-0.3, -0.25) is 24.1 Å². The number of nitrogens with one attached hydrogen (secondary N) is 3. The molecule has 0 radical (unpaired) electrons. The van der Waals surface area contributed by atoms with Gasteiger partial charge < -0.3 is 40.3 Å². The number of ether oxygens (including phenoxy) is 2. The van der Waals surface area contributed by atoms with Crippen molar-refractivity contribution in [3.05, 3.63) is 82.0 Å². The van der Waals surface area contributed by atoms with Crippen LogP contribution in [-0.2, 0) is 14.4 Å². The van der Waals surface area contributed by atoms with Crippen LogP contribution in [0.3, 0.4) is 0 Å². The van der Waals surface area contributed by atoms with E-state index >= 15 is 0 Å². The molecule has 3 fully saturated rings. The molecular weight excluding hydrogens is 886 g/mol. The molecule has 4 N–H and O–H groups in total. The van der Waals surface area contributed by atoms with E-state index < -0.39 is 52.3 Å². The summed E-state index contributed by atoms with van der Waals surface area (Å²) in [5.41, 5.74) is 0.466. The summed E-state index contributed by atoms with van der Waals surface area (Å²) >= 11 is 6.25. The first kappa shape index (κ1) is 51.5. The number of halogens is 1. The summed E-state index contributed by atoms with van der Waals surface area (Å²) in [6.07, 6.45) is 2.21. The zero-order chi connectivity index (χ0) is 49.7. The maximum absolute atomic E-state index is 14.1. The van der Waals surface area contributed by atoms with Crippen molar-refractivity contribution in [2.75, 3.05) is 51.3 Å². The molecule has 4 amide bonds. The van der Waals surface area contributed by atoms with E-state index in [2.05, 4.69) is 70.6 Å². The second-order valence-electron chi connectivity index (χ2n) is 20.6. The van der Waals surface area contributed by atoms with Crippen LogP contribution in [-0.4, -0.2) is 120 Å². The molecule has 1 saturated carbocycles. The number of nitrogens with zero attached hydrogens (tertiary/aromatic N) is 6. The number of β-amino-alcohol motifs (C(OH)–C–C–N with tert-alkyl or cyclic N) is 1. The Balaban J connectivity index is 0.931. The Bertz CT molecular complexity index is 2400. The normalized spacial score (nSPS) is 21.8. The third kappa shape index (κ3) is 11.5. The standard InChI is InChI=1S/C51H66ClN9O7/c1-31(37-17-13-32(27-53)24-40(37)67-9)56-45(65)39-25-35(62)30-61(39)46(66)43(49(2,3)4)57-42(63)12-10-11-19-59-20-22-60(23-21-59)41-18-15-34(29-55-41)44(64)58-47-50(5,6)48(51(47,7)8)68-36-16-14-33(28-54)38(52)26-36/h13-18,24,26,29,31,35,39,43,47-48,62H,10-12,19-23,25,30H2,1-9H3,(H,56,65)(H,57,63)(H,58,64)/t31-,35+,39-,43+,47-,48-/m0/s1. The molecule has 17 heteroatoms. The van der Waals surface area contributed by atoms with Crippen molar-refractivity contribution in [3.63, 3.8) is 0 Å². The lowest BCUT2D eigenvalue weighted by Crippen LogP contribution is -2.74. The molecule has 6 rings (SSSR count). The molecule has 0 spiro atoms. The number of anilines is 1. The molecule has 0 unspecified atom stereocenters. The highest BCUT2D eigenvalue weighted by Gasteiger charge is 2.64. The van der Waals surface area contributed by atoms with E-state index in [0.29, 0.717) is 45.2 Å². The summed E-state index contributed by atoms with van der Waals surface area (Å²) in [6.45, 7) is 19.6. The number of methoxy groups -OCH3 is 1. The van der Waals surface area contributed by atoms with E-state index in [1.807, 2.05) is 26.8 Å². The van der Waals surface area contributed by atoms with Crippen molar-refractivity contribution in [1.82, 2.24) is 30.7 Å². The fraction of sp³-hybridized carbons (Fsp3) is 0.549. The minimum Gasteiger partial charge on any atom is -0.496 e. The Hall–Kier alpha value is -5.94. The van der Waals surface area contributed by atoms with Gasteiger partial charge in [-0.1, -0.05) is 66.1 Å². The van der Waals surface area contributed by atoms with Gasteiger partial charge in [0.15, 0.2) is 0 Å². The van der Waals surface area contributed by atoms with Crippen LogP contribution in [0.2, 0.25) is 5.02 Å². The number of benzene rings is 2. The van der Waals surface area contributed by atoms with Gasteiger partial charge in [0.1, 0.15) is 41.6 Å². The Morgan fingerprint density at radius 2 is 1.66 bits per heavy atom. The number of carbonyl (C=O) groups excluding carboxylic acids is 4. The number of unbranched alkanes of at least 4 members (excludes halogenated alkanes) is 1. The molecule has 3 heterocycles. The van der Waals surface area contributed by atoms with Crippen molar-refractivity contribution in [2.45, 2.75) is 117 Å². The fourth-order valence-electron chi connectivity index (χ4n) is 10.2. The third-order valence-electron chi connectivity index (χ3n) is 13.7. The average molecular weight is 953 g/mol. The molecule has 4 atom stereocenters. The summed E-state index contributed by atoms with van der Waals surface area (Å²) < 4.78 is 11.8. The zero-order valence-corrected chi connectivity index (χ0v) is 41.4. The van der Waals surface area contributed by atoms with Gasteiger partial charge in [0.05, 0.1) is 47.0 Å². The molecule has 364 valence electrons. The van der Waals surface area contributed by atoms with E-state index in [1.54, 1.807) is 55.6 Å². The predicted molar refractivity (Wildman–Crippen MR) is 258 cm³/mol. The lowest BCUT2D eigenvalue weighted by Gasteiger charge is -2.63. The van der Waals surface area contributed by atoms with Crippen LogP contribution < -0.4 is 30.3 Å². The van der Waals surface area contributed by atoms with Gasteiger partial charge in [-0.05, 0) is 68.1 Å². The van der Waals surface area contributed by atoms with E-state index in [9.17, 15) is 34.8 Å².